The number of hydrogen-bond acceptors (Lipinski definition) is 5. The highest BCUT2D eigenvalue weighted by Gasteiger charge is 2.11. The molecule has 0 saturated carbocycles. The standard InChI is InChI=1S/C19H19N3O2/c1-2-24-19(23)17(13-20)14-21-22(18-11-7-4-8-12-18)15-16-9-5-3-6-10-16/h3-12,14,21H,2,15H2,1H3/b17-14+. The molecule has 24 heavy (non-hydrogen) atoms. The van der Waals surface area contributed by atoms with Crippen LogP contribution in [0.15, 0.2) is 72.4 Å². The molecule has 0 aliphatic rings. The fourth-order valence-electron chi connectivity index (χ4n) is 2.07. The zero-order chi connectivity index (χ0) is 17.2. The van der Waals surface area contributed by atoms with Crippen molar-refractivity contribution in [1.29, 1.82) is 5.26 Å². The van der Waals surface area contributed by atoms with Crippen molar-refractivity contribution in [3.8, 4) is 6.07 Å². The van der Waals surface area contributed by atoms with Gasteiger partial charge in [0.15, 0.2) is 5.57 Å². The Morgan fingerprint density at radius 3 is 2.38 bits per heavy atom. The van der Waals surface area contributed by atoms with Crippen molar-refractivity contribution in [3.63, 3.8) is 0 Å². The number of para-hydroxylation sites is 1. The number of hydrogen-bond donors (Lipinski definition) is 1. The summed E-state index contributed by atoms with van der Waals surface area (Å²) in [7, 11) is 0. The van der Waals surface area contributed by atoms with Gasteiger partial charge in [0, 0.05) is 6.20 Å². The van der Waals surface area contributed by atoms with Gasteiger partial charge < -0.3 is 10.2 Å². The van der Waals surface area contributed by atoms with Crippen LogP contribution < -0.4 is 10.4 Å². The normalized spacial score (nSPS) is 10.6. The quantitative estimate of drug-likeness (QED) is 0.367. The predicted octanol–water partition coefficient (Wildman–Crippen LogP) is 3.17. The van der Waals surface area contributed by atoms with E-state index in [0.717, 1.165) is 11.3 Å². The summed E-state index contributed by atoms with van der Waals surface area (Å²) in [5, 5.41) is 11.0. The monoisotopic (exact) mass is 321 g/mol. The lowest BCUT2D eigenvalue weighted by atomic mass is 10.2. The highest BCUT2D eigenvalue weighted by Crippen LogP contribution is 2.15. The average Bonchev–Trinajstić information content (AvgIpc) is 2.63. The molecule has 5 heteroatoms. The molecule has 0 amide bonds. The van der Waals surface area contributed by atoms with Gasteiger partial charge in [0.1, 0.15) is 6.07 Å². The predicted molar refractivity (Wildman–Crippen MR) is 92.5 cm³/mol. The first-order chi connectivity index (χ1) is 11.7. The van der Waals surface area contributed by atoms with Gasteiger partial charge in [-0.05, 0) is 24.6 Å². The topological polar surface area (TPSA) is 65.4 Å². The number of carbonyl (C=O) groups is 1. The number of hydrazine groups is 1. The lowest BCUT2D eigenvalue weighted by molar-refractivity contribution is -0.138. The van der Waals surface area contributed by atoms with Gasteiger partial charge in [0.25, 0.3) is 0 Å². The summed E-state index contributed by atoms with van der Waals surface area (Å²) in [5.41, 5.74) is 4.95. The largest absolute Gasteiger partial charge is 0.462 e. The average molecular weight is 321 g/mol. The molecule has 0 saturated heterocycles. The van der Waals surface area contributed by atoms with E-state index in [1.807, 2.05) is 71.7 Å². The zero-order valence-corrected chi connectivity index (χ0v) is 13.5. The van der Waals surface area contributed by atoms with Crippen LogP contribution >= 0.6 is 0 Å². The molecule has 2 aromatic rings. The number of carbonyl (C=O) groups excluding carboxylic acids is 1. The highest BCUT2D eigenvalue weighted by molar-refractivity contribution is 5.92. The van der Waals surface area contributed by atoms with Gasteiger partial charge in [-0.25, -0.2) is 4.79 Å². The molecule has 0 heterocycles. The van der Waals surface area contributed by atoms with E-state index in [4.69, 9.17) is 10.00 Å². The van der Waals surface area contributed by atoms with Gasteiger partial charge >= 0.3 is 5.97 Å². The molecule has 0 radical (unpaired) electrons. The Morgan fingerprint density at radius 1 is 1.17 bits per heavy atom. The van der Waals surface area contributed by atoms with Gasteiger partial charge in [-0.2, -0.15) is 5.26 Å². The molecule has 2 aromatic carbocycles. The minimum atomic E-state index is -0.639. The van der Waals surface area contributed by atoms with Gasteiger partial charge in [0.2, 0.25) is 0 Å². The minimum Gasteiger partial charge on any atom is -0.462 e. The molecule has 0 bridgehead atoms. The molecule has 0 aromatic heterocycles. The number of esters is 1. The molecule has 0 spiro atoms. The number of anilines is 1. The Balaban J connectivity index is 2.20. The number of rotatable bonds is 7. The van der Waals surface area contributed by atoms with Gasteiger partial charge in [-0.3, -0.25) is 5.01 Å². The van der Waals surface area contributed by atoms with Crippen LogP contribution in [0.25, 0.3) is 0 Å². The summed E-state index contributed by atoms with van der Waals surface area (Å²) in [4.78, 5) is 11.7. The molecule has 0 fully saturated rings. The van der Waals surface area contributed by atoms with E-state index >= 15 is 0 Å². The second kappa shape index (κ2) is 9.01. The Morgan fingerprint density at radius 2 is 1.79 bits per heavy atom. The fourth-order valence-corrected chi connectivity index (χ4v) is 2.07. The maximum absolute atomic E-state index is 11.7. The first kappa shape index (κ1) is 17.1. The van der Waals surface area contributed by atoms with Crippen LogP contribution in [0.1, 0.15) is 12.5 Å². The number of nitriles is 1. The van der Waals surface area contributed by atoms with Crippen molar-refractivity contribution >= 4 is 11.7 Å². The summed E-state index contributed by atoms with van der Waals surface area (Å²) in [6.07, 6.45) is 1.37. The molecule has 5 nitrogen and oxygen atoms in total. The van der Waals surface area contributed by atoms with Crippen LogP contribution in [0.3, 0.4) is 0 Å². The van der Waals surface area contributed by atoms with E-state index in [1.165, 1.54) is 6.20 Å². The van der Waals surface area contributed by atoms with E-state index in [0.29, 0.717) is 6.54 Å². The summed E-state index contributed by atoms with van der Waals surface area (Å²) >= 11 is 0. The van der Waals surface area contributed by atoms with Crippen LogP contribution in [0.2, 0.25) is 0 Å². The minimum absolute atomic E-state index is 0.0779. The van der Waals surface area contributed by atoms with Crippen LogP contribution in [-0.4, -0.2) is 12.6 Å². The molecular weight excluding hydrogens is 302 g/mol. The third kappa shape index (κ3) is 4.89. The van der Waals surface area contributed by atoms with E-state index in [-0.39, 0.29) is 12.2 Å². The molecule has 122 valence electrons. The third-order valence-corrected chi connectivity index (χ3v) is 3.23. The maximum atomic E-state index is 11.7. The zero-order valence-electron chi connectivity index (χ0n) is 13.5. The third-order valence-electron chi connectivity index (χ3n) is 3.23. The first-order valence-corrected chi connectivity index (χ1v) is 7.64. The van der Waals surface area contributed by atoms with Crippen molar-refractivity contribution in [2.75, 3.05) is 11.6 Å². The Hall–Kier alpha value is -3.26. The number of nitrogens with one attached hydrogen (secondary N) is 1. The van der Waals surface area contributed by atoms with E-state index in [1.54, 1.807) is 6.92 Å². The first-order valence-electron chi connectivity index (χ1n) is 7.64. The van der Waals surface area contributed by atoms with Crippen molar-refractivity contribution in [2.45, 2.75) is 13.5 Å². The number of nitrogens with zero attached hydrogens (tertiary/aromatic N) is 2. The fraction of sp³-hybridized carbons (Fsp3) is 0.158. The number of benzene rings is 2. The van der Waals surface area contributed by atoms with Gasteiger partial charge in [-0.15, -0.1) is 0 Å². The second-order valence-electron chi connectivity index (χ2n) is 4.93. The maximum Gasteiger partial charge on any atom is 0.350 e. The van der Waals surface area contributed by atoms with Crippen LogP contribution in [0.5, 0.6) is 0 Å². The smallest absolute Gasteiger partial charge is 0.350 e. The highest BCUT2D eigenvalue weighted by atomic mass is 16.5. The molecule has 0 atom stereocenters. The van der Waals surface area contributed by atoms with Gasteiger partial charge in [0.05, 0.1) is 18.8 Å². The van der Waals surface area contributed by atoms with Crippen molar-refractivity contribution in [2.24, 2.45) is 0 Å². The van der Waals surface area contributed by atoms with Crippen LogP contribution in [0.4, 0.5) is 5.69 Å². The lowest BCUT2D eigenvalue weighted by Crippen LogP contribution is -2.34. The summed E-state index contributed by atoms with van der Waals surface area (Å²) in [6, 6.07) is 21.4. The van der Waals surface area contributed by atoms with E-state index in [2.05, 4.69) is 5.43 Å². The Kier molecular flexibility index (Phi) is 6.42. The Bertz CT molecular complexity index is 721. The lowest BCUT2D eigenvalue weighted by Gasteiger charge is -2.24. The second-order valence-corrected chi connectivity index (χ2v) is 4.93. The summed E-state index contributed by atoms with van der Waals surface area (Å²) in [6.45, 7) is 2.50. The van der Waals surface area contributed by atoms with Crippen LogP contribution in [0, 0.1) is 11.3 Å². The van der Waals surface area contributed by atoms with Crippen LogP contribution in [-0.2, 0) is 16.1 Å². The van der Waals surface area contributed by atoms with Crippen molar-refractivity contribution in [1.82, 2.24) is 5.43 Å². The van der Waals surface area contributed by atoms with Crippen molar-refractivity contribution < 1.29 is 9.53 Å². The molecule has 0 aliphatic carbocycles. The summed E-state index contributed by atoms with van der Waals surface area (Å²) < 4.78 is 4.86. The molecule has 0 aliphatic heterocycles. The van der Waals surface area contributed by atoms with E-state index < -0.39 is 5.97 Å². The van der Waals surface area contributed by atoms with Crippen molar-refractivity contribution in [3.05, 3.63) is 78.0 Å². The number of ether oxygens (including phenoxy) is 1. The van der Waals surface area contributed by atoms with Gasteiger partial charge in [-0.1, -0.05) is 48.5 Å². The molecule has 0 unspecified atom stereocenters. The summed E-state index contributed by atoms with van der Waals surface area (Å²) in [5.74, 6) is -0.639. The molecule has 2 rings (SSSR count). The Labute approximate surface area is 141 Å². The SMILES string of the molecule is CCOC(=O)/C(C#N)=C/NN(Cc1ccccc1)c1ccccc1. The molecule has 1 N–H and O–H groups in total. The van der Waals surface area contributed by atoms with E-state index in [9.17, 15) is 4.79 Å². The molecular formula is C19H19N3O2.